The number of fused-ring (bicyclic) bond motifs is 2. The van der Waals surface area contributed by atoms with E-state index in [-0.39, 0.29) is 36.2 Å². The fraction of sp³-hybridized carbons (Fsp3) is 0.355. The molecule has 1 atom stereocenters. The summed E-state index contributed by atoms with van der Waals surface area (Å²) in [5.74, 6) is -2.36. The van der Waals surface area contributed by atoms with E-state index >= 15 is 0 Å². The van der Waals surface area contributed by atoms with Crippen LogP contribution in [-0.4, -0.2) is 98.5 Å². The first-order chi connectivity index (χ1) is 22.7. The van der Waals surface area contributed by atoms with Crippen LogP contribution in [0, 0.1) is 5.82 Å². The van der Waals surface area contributed by atoms with Crippen LogP contribution in [0.15, 0.2) is 51.9 Å². The zero-order chi connectivity index (χ0) is 34.7. The third kappa shape index (κ3) is 7.96. The van der Waals surface area contributed by atoms with E-state index in [1.165, 1.54) is 24.4 Å². The van der Waals surface area contributed by atoms with E-state index in [1.807, 2.05) is 11.0 Å². The summed E-state index contributed by atoms with van der Waals surface area (Å²) < 4.78 is 51.1. The minimum Gasteiger partial charge on any atom is -0.490 e. The lowest BCUT2D eigenvalue weighted by Gasteiger charge is -2.34. The molecule has 0 radical (unpaired) electrons. The van der Waals surface area contributed by atoms with Gasteiger partial charge in [-0.25, -0.2) is 14.2 Å². The van der Waals surface area contributed by atoms with Crippen molar-refractivity contribution in [3.63, 3.8) is 0 Å². The molecular weight excluding hydrogens is 708 g/mol. The predicted molar refractivity (Wildman–Crippen MR) is 170 cm³/mol. The smallest absolute Gasteiger partial charge is 0.490 e. The Morgan fingerprint density at radius 2 is 1.90 bits per heavy atom. The molecule has 48 heavy (non-hydrogen) atoms. The maximum absolute atomic E-state index is 13.3. The lowest BCUT2D eigenvalue weighted by molar-refractivity contribution is -0.192. The Morgan fingerprint density at radius 3 is 2.56 bits per heavy atom. The Balaban J connectivity index is 0.000000582. The number of aromatic nitrogens is 3. The number of likely N-dealkylation sites (tertiary alicyclic amines) is 1. The first-order valence-corrected chi connectivity index (χ1v) is 15.5. The Kier molecular flexibility index (Phi) is 10.4. The maximum Gasteiger partial charge on any atom is 0.490 e. The number of carboxylic acids is 1. The Morgan fingerprint density at radius 1 is 1.19 bits per heavy atom. The Hall–Kier alpha value is -4.48. The van der Waals surface area contributed by atoms with E-state index in [2.05, 4.69) is 48.1 Å². The monoisotopic (exact) mass is 738 g/mol. The SMILES string of the molecule is CN1CCC(N2Cc3cc4[nH]c(-c5c(NC[C@@H](O)COc6ccc(F)cc6Br)cc[nH]c5=O)nc4cc3C2=O)CC1.O=C(O)C(F)(F)F. The number of anilines is 1. The summed E-state index contributed by atoms with van der Waals surface area (Å²) in [4.78, 5) is 49.9. The van der Waals surface area contributed by atoms with Crippen LogP contribution < -0.4 is 15.6 Å². The molecule has 1 saturated heterocycles. The molecule has 1 fully saturated rings. The number of nitrogens with one attached hydrogen (secondary N) is 3. The van der Waals surface area contributed by atoms with Crippen molar-refractivity contribution in [3.05, 3.63) is 74.4 Å². The summed E-state index contributed by atoms with van der Waals surface area (Å²) in [7, 11) is 2.10. The van der Waals surface area contributed by atoms with Crippen molar-refractivity contribution in [2.24, 2.45) is 0 Å². The third-order valence-electron chi connectivity index (χ3n) is 7.96. The van der Waals surface area contributed by atoms with Gasteiger partial charge in [0.15, 0.2) is 0 Å². The van der Waals surface area contributed by atoms with Gasteiger partial charge >= 0.3 is 12.1 Å². The number of aliphatic hydroxyl groups is 1. The number of amides is 1. The number of H-pyrrole nitrogens is 2. The van der Waals surface area contributed by atoms with Crippen molar-refractivity contribution in [1.82, 2.24) is 24.8 Å². The first-order valence-electron chi connectivity index (χ1n) is 14.8. The molecule has 0 aliphatic carbocycles. The highest BCUT2D eigenvalue weighted by atomic mass is 79.9. The van der Waals surface area contributed by atoms with Gasteiger partial charge in [0.05, 0.1) is 21.2 Å². The summed E-state index contributed by atoms with van der Waals surface area (Å²) in [6, 6.07) is 9.72. The van der Waals surface area contributed by atoms with Gasteiger partial charge in [-0.3, -0.25) is 9.59 Å². The molecule has 2 aliphatic heterocycles. The summed E-state index contributed by atoms with van der Waals surface area (Å²) in [5, 5.41) is 20.7. The molecule has 17 heteroatoms. The van der Waals surface area contributed by atoms with E-state index in [0.717, 1.165) is 37.0 Å². The van der Waals surface area contributed by atoms with Crippen LogP contribution in [0.2, 0.25) is 0 Å². The third-order valence-corrected chi connectivity index (χ3v) is 8.58. The average molecular weight is 740 g/mol. The number of halogens is 5. The zero-order valence-electron chi connectivity index (χ0n) is 25.4. The molecule has 0 spiro atoms. The average Bonchev–Trinajstić information content (AvgIpc) is 3.58. The number of aliphatic carboxylic acids is 1. The van der Waals surface area contributed by atoms with Gasteiger partial charge in [0.25, 0.3) is 11.5 Å². The number of imidazole rings is 1. The van der Waals surface area contributed by atoms with Gasteiger partial charge in [-0.15, -0.1) is 0 Å². The summed E-state index contributed by atoms with van der Waals surface area (Å²) in [6.07, 6.45) is -2.56. The van der Waals surface area contributed by atoms with Crippen molar-refractivity contribution in [2.75, 3.05) is 38.6 Å². The number of nitrogens with zero attached hydrogens (tertiary/aromatic N) is 3. The fourth-order valence-electron chi connectivity index (χ4n) is 5.49. The number of aliphatic hydroxyl groups excluding tert-OH is 1. The fourth-order valence-corrected chi connectivity index (χ4v) is 5.95. The van der Waals surface area contributed by atoms with Gasteiger partial charge in [-0.05, 0) is 90.9 Å². The first kappa shape index (κ1) is 34.8. The largest absolute Gasteiger partial charge is 0.490 e. The van der Waals surface area contributed by atoms with Crippen LogP contribution in [0.1, 0.15) is 28.8 Å². The number of hydrogen-bond donors (Lipinski definition) is 5. The van der Waals surface area contributed by atoms with Crippen LogP contribution in [0.25, 0.3) is 22.4 Å². The molecule has 0 saturated carbocycles. The second-order valence-electron chi connectivity index (χ2n) is 11.4. The van der Waals surface area contributed by atoms with Crippen LogP contribution >= 0.6 is 15.9 Å². The number of aromatic amines is 2. The van der Waals surface area contributed by atoms with Crippen molar-refractivity contribution in [1.29, 1.82) is 0 Å². The number of carbonyl (C=O) groups excluding carboxylic acids is 1. The topological polar surface area (TPSA) is 164 Å². The molecule has 12 nitrogen and oxygen atoms in total. The van der Waals surface area contributed by atoms with Crippen LogP contribution in [0.3, 0.4) is 0 Å². The number of rotatable bonds is 8. The van der Waals surface area contributed by atoms with Gasteiger partial charge in [-0.2, -0.15) is 13.2 Å². The summed E-state index contributed by atoms with van der Waals surface area (Å²) in [6.45, 7) is 2.57. The molecule has 1 amide bonds. The molecule has 2 aromatic carbocycles. The molecule has 256 valence electrons. The highest BCUT2D eigenvalue weighted by Gasteiger charge is 2.38. The molecule has 2 aromatic heterocycles. The van der Waals surface area contributed by atoms with Crippen LogP contribution in [-0.2, 0) is 11.3 Å². The van der Waals surface area contributed by atoms with Crippen molar-refractivity contribution in [2.45, 2.75) is 37.7 Å². The standard InChI is InChI=1S/C29H30BrFN6O4.C2HF3O2/c1-36-8-5-18(6-9-36)37-14-16-10-23-24(12-20(16)29(37)40)35-27(34-23)26-22(4-7-32-28(26)39)33-13-19(38)15-41-25-3-2-17(31)11-21(25)30;3-2(4,5)1(6)7/h2-4,7,10-12,18-19,38H,5-6,8-9,13-15H2,1H3,(H,34,35)(H2,32,33,39);(H,6,7)/t19-;/m1./s1. The van der Waals surface area contributed by atoms with Crippen LogP contribution in [0.5, 0.6) is 5.75 Å². The van der Waals surface area contributed by atoms with E-state index in [9.17, 15) is 32.3 Å². The molecule has 0 bridgehead atoms. The lowest BCUT2D eigenvalue weighted by Crippen LogP contribution is -2.43. The maximum atomic E-state index is 13.3. The number of ether oxygens (including phenoxy) is 1. The van der Waals surface area contributed by atoms with E-state index in [1.54, 1.807) is 12.1 Å². The minimum atomic E-state index is -5.08. The van der Waals surface area contributed by atoms with Gasteiger partial charge in [0.1, 0.15) is 35.7 Å². The number of benzene rings is 2. The summed E-state index contributed by atoms with van der Waals surface area (Å²) in [5.41, 5.74) is 3.37. The molecule has 5 N–H and O–H groups in total. The number of carbonyl (C=O) groups is 2. The second kappa shape index (κ2) is 14.3. The zero-order valence-corrected chi connectivity index (χ0v) is 27.0. The Labute approximate surface area is 278 Å². The summed E-state index contributed by atoms with van der Waals surface area (Å²) >= 11 is 3.24. The number of pyridine rings is 1. The molecule has 2 aliphatic rings. The van der Waals surface area contributed by atoms with Gasteiger partial charge in [0, 0.05) is 30.9 Å². The van der Waals surface area contributed by atoms with E-state index in [0.29, 0.717) is 39.4 Å². The molecule has 0 unspecified atom stereocenters. The lowest BCUT2D eigenvalue weighted by atomic mass is 10.0. The highest BCUT2D eigenvalue weighted by molar-refractivity contribution is 9.10. The van der Waals surface area contributed by atoms with Crippen molar-refractivity contribution in [3.8, 4) is 17.1 Å². The second-order valence-corrected chi connectivity index (χ2v) is 12.3. The van der Waals surface area contributed by atoms with Gasteiger partial charge in [0.2, 0.25) is 0 Å². The van der Waals surface area contributed by atoms with E-state index < -0.39 is 24.1 Å². The van der Waals surface area contributed by atoms with Gasteiger partial charge < -0.3 is 40.0 Å². The highest BCUT2D eigenvalue weighted by Crippen LogP contribution is 2.33. The van der Waals surface area contributed by atoms with Crippen molar-refractivity contribution >= 4 is 44.5 Å². The number of alkyl halides is 3. The quantitative estimate of drug-likeness (QED) is 0.165. The number of carboxylic acid groups (broad SMARTS) is 1. The molecular formula is C31H31BrF4N6O6. The number of piperidine rings is 1. The van der Waals surface area contributed by atoms with Crippen LogP contribution in [0.4, 0.5) is 23.2 Å². The Bertz CT molecular complexity index is 1870. The number of hydrogen-bond acceptors (Lipinski definition) is 8. The predicted octanol–water partition coefficient (Wildman–Crippen LogP) is 4.35. The van der Waals surface area contributed by atoms with E-state index in [4.69, 9.17) is 14.6 Å². The molecule has 6 rings (SSSR count). The van der Waals surface area contributed by atoms with Gasteiger partial charge in [-0.1, -0.05) is 0 Å². The minimum absolute atomic E-state index is 0.0322. The molecule has 4 aromatic rings. The van der Waals surface area contributed by atoms with Crippen molar-refractivity contribution < 1.29 is 42.1 Å². The molecule has 4 heterocycles. The normalized spacial score (nSPS) is 16.0.